The molecule has 1 aliphatic heterocycles. The van der Waals surface area contributed by atoms with Gasteiger partial charge in [0.05, 0.1) is 41.2 Å². The summed E-state index contributed by atoms with van der Waals surface area (Å²) in [5.41, 5.74) is 0.941. The SMILES string of the molecule is O=C1NCc2nc(-c3c(F)cccc3F)cc(Nc3ccc(CC(F)(F)F)cc3)c21. The van der Waals surface area contributed by atoms with Gasteiger partial charge in [0, 0.05) is 5.69 Å². The van der Waals surface area contributed by atoms with E-state index in [1.807, 2.05) is 0 Å². The minimum absolute atomic E-state index is 0.00274. The van der Waals surface area contributed by atoms with Crippen LogP contribution in [0.15, 0.2) is 48.5 Å². The van der Waals surface area contributed by atoms with Gasteiger partial charge in [-0.05, 0) is 35.9 Å². The maximum atomic E-state index is 14.2. The van der Waals surface area contributed by atoms with Gasteiger partial charge in [0.1, 0.15) is 11.6 Å². The summed E-state index contributed by atoms with van der Waals surface area (Å²) in [5, 5.41) is 5.55. The smallest absolute Gasteiger partial charge is 0.355 e. The monoisotopic (exact) mass is 419 g/mol. The van der Waals surface area contributed by atoms with Gasteiger partial charge < -0.3 is 10.6 Å². The molecule has 4 nitrogen and oxygen atoms in total. The van der Waals surface area contributed by atoms with Crippen LogP contribution < -0.4 is 10.6 Å². The van der Waals surface area contributed by atoms with E-state index in [4.69, 9.17) is 0 Å². The van der Waals surface area contributed by atoms with Gasteiger partial charge in [-0.1, -0.05) is 18.2 Å². The summed E-state index contributed by atoms with van der Waals surface area (Å²) in [4.78, 5) is 16.4. The molecule has 0 aliphatic carbocycles. The molecule has 3 aromatic rings. The molecule has 1 amide bonds. The van der Waals surface area contributed by atoms with Crippen LogP contribution in [0.4, 0.5) is 33.3 Å². The van der Waals surface area contributed by atoms with Crippen molar-refractivity contribution < 1.29 is 26.7 Å². The maximum absolute atomic E-state index is 14.2. The summed E-state index contributed by atoms with van der Waals surface area (Å²) >= 11 is 0. The molecule has 0 radical (unpaired) electrons. The zero-order valence-corrected chi connectivity index (χ0v) is 15.3. The van der Waals surface area contributed by atoms with Crippen molar-refractivity contribution in [2.24, 2.45) is 0 Å². The summed E-state index contributed by atoms with van der Waals surface area (Å²) < 4.78 is 66.0. The van der Waals surface area contributed by atoms with Crippen molar-refractivity contribution >= 4 is 17.3 Å². The Balaban J connectivity index is 1.73. The highest BCUT2D eigenvalue weighted by atomic mass is 19.4. The molecule has 1 aliphatic rings. The number of fused-ring (bicyclic) bond motifs is 1. The van der Waals surface area contributed by atoms with Gasteiger partial charge in [-0.25, -0.2) is 13.8 Å². The standard InChI is InChI=1S/C21H14F5N3O/c22-13-2-1-3-14(23)18(13)15-8-16(19-17(29-15)10-27-20(19)30)28-12-6-4-11(5-7-12)9-21(24,25)26/h1-8H,9-10H2,(H,27,30)(H,28,29). The largest absolute Gasteiger partial charge is 0.393 e. The van der Waals surface area contributed by atoms with Crippen molar-refractivity contribution in [1.82, 2.24) is 10.3 Å². The quantitative estimate of drug-likeness (QED) is 0.578. The number of carbonyl (C=O) groups is 1. The number of aromatic nitrogens is 1. The molecule has 0 saturated carbocycles. The number of nitrogens with one attached hydrogen (secondary N) is 2. The Morgan fingerprint density at radius 1 is 1.00 bits per heavy atom. The zero-order valence-electron chi connectivity index (χ0n) is 15.3. The lowest BCUT2D eigenvalue weighted by Crippen LogP contribution is -2.13. The first-order valence-corrected chi connectivity index (χ1v) is 8.90. The number of pyridine rings is 1. The van der Waals surface area contributed by atoms with Gasteiger partial charge in [0.15, 0.2) is 0 Å². The average molecular weight is 419 g/mol. The molecule has 2 heterocycles. The molecule has 1 aromatic heterocycles. The number of hydrogen-bond acceptors (Lipinski definition) is 3. The molecule has 2 aromatic carbocycles. The molecule has 154 valence electrons. The Morgan fingerprint density at radius 2 is 1.67 bits per heavy atom. The first-order valence-electron chi connectivity index (χ1n) is 8.90. The Kier molecular flexibility index (Phi) is 4.89. The van der Waals surface area contributed by atoms with Gasteiger partial charge in [0.2, 0.25) is 0 Å². The number of anilines is 2. The lowest BCUT2D eigenvalue weighted by atomic mass is 10.1. The number of alkyl halides is 3. The van der Waals surface area contributed by atoms with E-state index in [9.17, 15) is 26.7 Å². The van der Waals surface area contributed by atoms with Gasteiger partial charge in [0.25, 0.3) is 5.91 Å². The van der Waals surface area contributed by atoms with Crippen molar-refractivity contribution in [1.29, 1.82) is 0 Å². The Morgan fingerprint density at radius 3 is 2.30 bits per heavy atom. The van der Waals surface area contributed by atoms with E-state index in [1.54, 1.807) is 0 Å². The predicted octanol–water partition coefficient (Wildman–Crippen LogP) is 5.12. The summed E-state index contributed by atoms with van der Waals surface area (Å²) in [7, 11) is 0. The van der Waals surface area contributed by atoms with Crippen LogP contribution in [0.25, 0.3) is 11.3 Å². The van der Waals surface area contributed by atoms with Crippen molar-refractivity contribution in [2.45, 2.75) is 19.1 Å². The zero-order chi connectivity index (χ0) is 21.5. The van der Waals surface area contributed by atoms with E-state index in [0.717, 1.165) is 12.1 Å². The van der Waals surface area contributed by atoms with Gasteiger partial charge in [-0.2, -0.15) is 13.2 Å². The molecule has 9 heteroatoms. The number of nitrogens with zero attached hydrogens (tertiary/aromatic N) is 1. The summed E-state index contributed by atoms with van der Waals surface area (Å²) in [6.07, 6.45) is -5.38. The van der Waals surface area contributed by atoms with Gasteiger partial charge in [-0.15, -0.1) is 0 Å². The minimum Gasteiger partial charge on any atom is -0.355 e. The molecule has 4 rings (SSSR count). The lowest BCUT2D eigenvalue weighted by Gasteiger charge is -2.14. The van der Waals surface area contributed by atoms with Gasteiger partial charge >= 0.3 is 6.18 Å². The second kappa shape index (κ2) is 7.40. The number of halogens is 5. The number of carbonyl (C=O) groups excluding carboxylic acids is 1. The second-order valence-electron chi connectivity index (χ2n) is 6.77. The van der Waals surface area contributed by atoms with E-state index in [1.165, 1.54) is 36.4 Å². The third-order valence-corrected chi connectivity index (χ3v) is 4.59. The Bertz CT molecular complexity index is 1110. The number of rotatable bonds is 4. The molecule has 30 heavy (non-hydrogen) atoms. The minimum atomic E-state index is -4.32. The number of benzene rings is 2. The highest BCUT2D eigenvalue weighted by Crippen LogP contribution is 2.33. The topological polar surface area (TPSA) is 54.0 Å². The third-order valence-electron chi connectivity index (χ3n) is 4.59. The fourth-order valence-corrected chi connectivity index (χ4v) is 3.29. The fourth-order valence-electron chi connectivity index (χ4n) is 3.29. The van der Waals surface area contributed by atoms with Crippen LogP contribution in [0.5, 0.6) is 0 Å². The normalized spacial score (nSPS) is 13.2. The van der Waals surface area contributed by atoms with Crippen LogP contribution in [-0.4, -0.2) is 17.1 Å². The van der Waals surface area contributed by atoms with Crippen molar-refractivity contribution in [3.63, 3.8) is 0 Å². The lowest BCUT2D eigenvalue weighted by molar-refractivity contribution is -0.127. The highest BCUT2D eigenvalue weighted by molar-refractivity contribution is 6.04. The molecule has 2 N–H and O–H groups in total. The molecule has 0 unspecified atom stereocenters. The number of hydrogen-bond donors (Lipinski definition) is 2. The summed E-state index contributed by atoms with van der Waals surface area (Å²) in [6, 6.07) is 10.3. The van der Waals surface area contributed by atoms with Crippen molar-refractivity contribution in [2.75, 3.05) is 5.32 Å². The average Bonchev–Trinajstić information content (AvgIpc) is 3.03. The predicted molar refractivity (Wildman–Crippen MR) is 100 cm³/mol. The molecule has 0 saturated heterocycles. The Labute approximate surface area is 167 Å². The molecular weight excluding hydrogens is 405 g/mol. The van der Waals surface area contributed by atoms with Crippen molar-refractivity contribution in [3.05, 3.63) is 77.0 Å². The first kappa shape index (κ1) is 19.8. The van der Waals surface area contributed by atoms with E-state index in [0.29, 0.717) is 11.4 Å². The maximum Gasteiger partial charge on any atom is 0.393 e. The van der Waals surface area contributed by atoms with Crippen LogP contribution >= 0.6 is 0 Å². The first-order chi connectivity index (χ1) is 14.2. The number of amides is 1. The molecular formula is C21H14F5N3O. The molecule has 0 bridgehead atoms. The van der Waals surface area contributed by atoms with Crippen LogP contribution in [0.3, 0.4) is 0 Å². The van der Waals surface area contributed by atoms with Gasteiger partial charge in [-0.3, -0.25) is 4.79 Å². The highest BCUT2D eigenvalue weighted by Gasteiger charge is 2.28. The van der Waals surface area contributed by atoms with Crippen molar-refractivity contribution in [3.8, 4) is 11.3 Å². The van der Waals surface area contributed by atoms with Crippen LogP contribution in [0.1, 0.15) is 21.6 Å². The summed E-state index contributed by atoms with van der Waals surface area (Å²) in [5.74, 6) is -2.02. The fraction of sp³-hybridized carbons (Fsp3) is 0.143. The molecule has 0 atom stereocenters. The van der Waals surface area contributed by atoms with E-state index in [2.05, 4.69) is 15.6 Å². The second-order valence-corrected chi connectivity index (χ2v) is 6.77. The summed E-state index contributed by atoms with van der Waals surface area (Å²) in [6.45, 7) is 0.0945. The van der Waals surface area contributed by atoms with Crippen LogP contribution in [-0.2, 0) is 13.0 Å². The van der Waals surface area contributed by atoms with E-state index >= 15 is 0 Å². The van der Waals surface area contributed by atoms with E-state index in [-0.39, 0.29) is 34.6 Å². The Hall–Kier alpha value is -3.49. The van der Waals surface area contributed by atoms with Crippen LogP contribution in [0, 0.1) is 11.6 Å². The molecule has 0 spiro atoms. The third kappa shape index (κ3) is 3.96. The van der Waals surface area contributed by atoms with Crippen LogP contribution in [0.2, 0.25) is 0 Å². The van der Waals surface area contributed by atoms with E-state index < -0.39 is 30.1 Å². The molecule has 0 fully saturated rings.